The van der Waals surface area contributed by atoms with Crippen LogP contribution in [0.4, 0.5) is 0 Å². The summed E-state index contributed by atoms with van der Waals surface area (Å²) in [7, 11) is 0. The fourth-order valence-electron chi connectivity index (χ4n) is 2.60. The minimum absolute atomic E-state index is 0.210. The van der Waals surface area contributed by atoms with Crippen molar-refractivity contribution in [3.05, 3.63) is 35.4 Å². The van der Waals surface area contributed by atoms with Crippen molar-refractivity contribution in [1.82, 2.24) is 5.32 Å². The zero-order valence-electron chi connectivity index (χ0n) is 14.3. The van der Waals surface area contributed by atoms with E-state index in [9.17, 15) is 0 Å². The number of benzene rings is 1. The van der Waals surface area contributed by atoms with Crippen molar-refractivity contribution in [2.75, 3.05) is 6.54 Å². The summed E-state index contributed by atoms with van der Waals surface area (Å²) in [5.41, 5.74) is 3.12. The number of nitrogens with one attached hydrogen (secondary N) is 1. The summed E-state index contributed by atoms with van der Waals surface area (Å²) in [6.45, 7) is 14.7. The third kappa shape index (κ3) is 7.09. The summed E-state index contributed by atoms with van der Waals surface area (Å²) < 4.78 is 0. The van der Waals surface area contributed by atoms with Crippen LogP contribution in [-0.2, 0) is 12.8 Å². The number of hydrogen-bond donors (Lipinski definition) is 1. The molecule has 0 fully saturated rings. The van der Waals surface area contributed by atoms with Crippen LogP contribution in [0.15, 0.2) is 24.3 Å². The molecule has 1 heteroatoms. The van der Waals surface area contributed by atoms with Gasteiger partial charge in [0.1, 0.15) is 0 Å². The Bertz CT molecular complexity index is 370. The second-order valence-corrected chi connectivity index (χ2v) is 7.50. The SMILES string of the molecule is CCc1ccc(CC(CNC(C)(C)C)CC(C)C)cc1. The molecule has 0 heterocycles. The van der Waals surface area contributed by atoms with E-state index in [0.29, 0.717) is 0 Å². The molecule has 1 nitrogen and oxygen atoms in total. The highest BCUT2D eigenvalue weighted by atomic mass is 14.9. The highest BCUT2D eigenvalue weighted by Crippen LogP contribution is 2.18. The van der Waals surface area contributed by atoms with E-state index in [1.165, 1.54) is 24.0 Å². The van der Waals surface area contributed by atoms with Crippen LogP contribution in [0, 0.1) is 11.8 Å². The lowest BCUT2D eigenvalue weighted by atomic mass is 9.90. The van der Waals surface area contributed by atoms with Gasteiger partial charge in [-0.3, -0.25) is 0 Å². The van der Waals surface area contributed by atoms with E-state index in [1.54, 1.807) is 0 Å². The second-order valence-electron chi connectivity index (χ2n) is 7.50. The predicted molar refractivity (Wildman–Crippen MR) is 90.2 cm³/mol. The molecule has 0 aromatic heterocycles. The molecule has 0 spiro atoms. The molecule has 1 atom stereocenters. The third-order valence-electron chi connectivity index (χ3n) is 3.68. The molecule has 1 aromatic rings. The van der Waals surface area contributed by atoms with Crippen LogP contribution in [0.2, 0.25) is 0 Å². The summed E-state index contributed by atoms with van der Waals surface area (Å²) in [6.07, 6.45) is 3.60. The Morgan fingerprint density at radius 3 is 2.00 bits per heavy atom. The summed E-state index contributed by atoms with van der Waals surface area (Å²) in [5, 5.41) is 3.67. The first-order chi connectivity index (χ1) is 9.30. The van der Waals surface area contributed by atoms with Gasteiger partial charge < -0.3 is 5.32 Å². The summed E-state index contributed by atoms with van der Waals surface area (Å²) in [4.78, 5) is 0. The maximum Gasteiger partial charge on any atom is 0.00966 e. The lowest BCUT2D eigenvalue weighted by molar-refractivity contribution is 0.331. The van der Waals surface area contributed by atoms with E-state index in [-0.39, 0.29) is 5.54 Å². The first-order valence-electron chi connectivity index (χ1n) is 8.13. The van der Waals surface area contributed by atoms with Crippen LogP contribution in [0.1, 0.15) is 59.1 Å². The van der Waals surface area contributed by atoms with E-state index in [4.69, 9.17) is 0 Å². The Kier molecular flexibility index (Phi) is 6.75. The van der Waals surface area contributed by atoms with Gasteiger partial charge in [0.15, 0.2) is 0 Å². The van der Waals surface area contributed by atoms with Gasteiger partial charge in [0.2, 0.25) is 0 Å². The van der Waals surface area contributed by atoms with Crippen molar-refractivity contribution in [3.63, 3.8) is 0 Å². The van der Waals surface area contributed by atoms with Gasteiger partial charge in [-0.25, -0.2) is 0 Å². The van der Waals surface area contributed by atoms with Crippen LogP contribution in [0.5, 0.6) is 0 Å². The van der Waals surface area contributed by atoms with Crippen molar-refractivity contribution in [2.45, 2.75) is 66.3 Å². The van der Waals surface area contributed by atoms with Gasteiger partial charge >= 0.3 is 0 Å². The molecule has 0 saturated carbocycles. The van der Waals surface area contributed by atoms with Crippen molar-refractivity contribution in [2.24, 2.45) is 11.8 Å². The molecule has 114 valence electrons. The molecule has 1 aromatic carbocycles. The Balaban J connectivity index is 2.62. The van der Waals surface area contributed by atoms with E-state index >= 15 is 0 Å². The normalized spacial score (nSPS) is 13.8. The quantitative estimate of drug-likeness (QED) is 0.750. The lowest BCUT2D eigenvalue weighted by Gasteiger charge is -2.26. The molecule has 0 radical (unpaired) electrons. The van der Waals surface area contributed by atoms with E-state index in [1.807, 2.05) is 0 Å². The number of hydrogen-bond acceptors (Lipinski definition) is 1. The molecule has 0 aliphatic rings. The van der Waals surface area contributed by atoms with Crippen LogP contribution >= 0.6 is 0 Å². The molecule has 20 heavy (non-hydrogen) atoms. The van der Waals surface area contributed by atoms with Crippen molar-refractivity contribution in [3.8, 4) is 0 Å². The van der Waals surface area contributed by atoms with Gasteiger partial charge in [-0.05, 0) is 69.5 Å². The Labute approximate surface area is 126 Å². The highest BCUT2D eigenvalue weighted by molar-refractivity contribution is 5.22. The summed E-state index contributed by atoms with van der Waals surface area (Å²) >= 11 is 0. The molecule has 0 aliphatic carbocycles. The van der Waals surface area contributed by atoms with Gasteiger partial charge in [0.25, 0.3) is 0 Å². The average Bonchev–Trinajstić information content (AvgIpc) is 2.35. The van der Waals surface area contributed by atoms with Crippen LogP contribution < -0.4 is 5.32 Å². The molecule has 1 rings (SSSR count). The maximum atomic E-state index is 3.67. The van der Waals surface area contributed by atoms with Gasteiger partial charge in [-0.2, -0.15) is 0 Å². The monoisotopic (exact) mass is 275 g/mol. The molecule has 0 aliphatic heterocycles. The Morgan fingerprint density at radius 1 is 1.00 bits per heavy atom. The van der Waals surface area contributed by atoms with E-state index in [2.05, 4.69) is 71.1 Å². The molecular weight excluding hydrogens is 242 g/mol. The predicted octanol–water partition coefficient (Wildman–Crippen LogP) is 4.84. The van der Waals surface area contributed by atoms with Gasteiger partial charge in [-0.15, -0.1) is 0 Å². The zero-order chi connectivity index (χ0) is 15.2. The van der Waals surface area contributed by atoms with Gasteiger partial charge in [0, 0.05) is 5.54 Å². The number of aryl methyl sites for hydroxylation is 1. The maximum absolute atomic E-state index is 3.67. The standard InChI is InChI=1S/C19H33N/c1-7-16-8-10-17(11-9-16)13-18(12-15(2)3)14-20-19(4,5)6/h8-11,15,18,20H,7,12-14H2,1-6H3. The van der Waals surface area contributed by atoms with Gasteiger partial charge in [-0.1, -0.05) is 45.0 Å². The largest absolute Gasteiger partial charge is 0.312 e. The topological polar surface area (TPSA) is 12.0 Å². The molecule has 0 saturated heterocycles. The Morgan fingerprint density at radius 2 is 1.55 bits per heavy atom. The second kappa shape index (κ2) is 7.83. The smallest absolute Gasteiger partial charge is 0.00966 e. The summed E-state index contributed by atoms with van der Waals surface area (Å²) in [5.74, 6) is 1.48. The fraction of sp³-hybridized carbons (Fsp3) is 0.684. The first-order valence-corrected chi connectivity index (χ1v) is 8.13. The van der Waals surface area contributed by atoms with Gasteiger partial charge in [0.05, 0.1) is 0 Å². The third-order valence-corrected chi connectivity index (χ3v) is 3.68. The minimum Gasteiger partial charge on any atom is -0.312 e. The van der Waals surface area contributed by atoms with Crippen LogP contribution in [0.25, 0.3) is 0 Å². The van der Waals surface area contributed by atoms with Crippen molar-refractivity contribution in [1.29, 1.82) is 0 Å². The average molecular weight is 275 g/mol. The molecule has 0 bridgehead atoms. The van der Waals surface area contributed by atoms with Crippen LogP contribution in [-0.4, -0.2) is 12.1 Å². The van der Waals surface area contributed by atoms with E-state index in [0.717, 1.165) is 24.8 Å². The fourth-order valence-corrected chi connectivity index (χ4v) is 2.60. The highest BCUT2D eigenvalue weighted by Gasteiger charge is 2.16. The van der Waals surface area contributed by atoms with Crippen molar-refractivity contribution >= 4 is 0 Å². The minimum atomic E-state index is 0.210. The first kappa shape index (κ1) is 17.2. The Hall–Kier alpha value is -0.820. The summed E-state index contributed by atoms with van der Waals surface area (Å²) in [6, 6.07) is 9.17. The van der Waals surface area contributed by atoms with Crippen LogP contribution in [0.3, 0.4) is 0 Å². The zero-order valence-corrected chi connectivity index (χ0v) is 14.3. The molecule has 1 N–H and O–H groups in total. The molecular formula is C19H33N. The van der Waals surface area contributed by atoms with Crippen molar-refractivity contribution < 1.29 is 0 Å². The molecule has 1 unspecified atom stereocenters. The van der Waals surface area contributed by atoms with E-state index < -0.39 is 0 Å². The number of rotatable bonds is 7. The lowest BCUT2D eigenvalue weighted by Crippen LogP contribution is -2.39. The molecule has 0 amide bonds.